The van der Waals surface area contributed by atoms with Gasteiger partial charge in [0.15, 0.2) is 5.82 Å². The summed E-state index contributed by atoms with van der Waals surface area (Å²) in [7, 11) is -3.85. The van der Waals surface area contributed by atoms with Crippen molar-refractivity contribution in [1.29, 1.82) is 0 Å². The van der Waals surface area contributed by atoms with Crippen LogP contribution in [0.1, 0.15) is 64.6 Å². The molecule has 3 aromatic heterocycles. The lowest BCUT2D eigenvalue weighted by Gasteiger charge is -2.35. The SMILES string of the molecule is CCCS(=O)(=O)Nc1ccc(F)c(-c2c[nH]c3ncc(-c4ccc(NC(=O)CCC(=O)N[C@H](C(=O)N5C[C@H](O)C[C@H]5C(=O)NCc5ccc(-c6scnc6C)cc5)C(C)(C)C)cc4)cc23)c1F. The number of fused-ring (bicyclic) bond motifs is 1. The van der Waals surface area contributed by atoms with Gasteiger partial charge in [-0.1, -0.05) is 64.1 Å². The van der Waals surface area contributed by atoms with Gasteiger partial charge in [0.1, 0.15) is 23.5 Å². The molecule has 0 unspecified atom stereocenters. The highest BCUT2D eigenvalue weighted by molar-refractivity contribution is 7.92. The van der Waals surface area contributed by atoms with Crippen molar-refractivity contribution >= 4 is 67.4 Å². The minimum atomic E-state index is -3.85. The summed E-state index contributed by atoms with van der Waals surface area (Å²) >= 11 is 1.55. The number of nitrogens with one attached hydrogen (secondary N) is 5. The van der Waals surface area contributed by atoms with E-state index in [9.17, 15) is 32.7 Å². The number of hydrogen-bond donors (Lipinski definition) is 6. The number of aromatic amines is 1. The summed E-state index contributed by atoms with van der Waals surface area (Å²) in [4.78, 5) is 67.8. The molecule has 0 saturated carbocycles. The number of aromatic nitrogens is 3. The standard InChI is InChI=1S/C48H52F2N8O7S2/c1-6-19-67(64,65)57-37-16-15-36(49)41(42(37)50)35-24-52-45-34(35)20-31(23-51-45)29-11-13-32(14-12-29)55-39(60)17-18-40(61)56-44(48(3,4)5)47(63)58-25-33(59)21-38(58)46(62)53-22-28-7-9-30(10-8-28)43-27(2)54-26-66-43/h7-16,20,23-24,26,33,38,44,57,59H,6,17-19,21-22,25H2,1-5H3,(H,51,52)(H,53,62)(H,55,60)(H,56,61)/t33-,38+,44-/m1/s1. The minimum Gasteiger partial charge on any atom is -0.391 e. The molecule has 4 amide bonds. The van der Waals surface area contributed by atoms with Crippen LogP contribution in [0.25, 0.3) is 43.7 Å². The molecular weight excluding hydrogens is 903 g/mol. The number of carbonyl (C=O) groups excluding carboxylic acids is 4. The van der Waals surface area contributed by atoms with Crippen molar-refractivity contribution in [3.63, 3.8) is 0 Å². The van der Waals surface area contributed by atoms with Gasteiger partial charge in [-0.3, -0.25) is 23.9 Å². The summed E-state index contributed by atoms with van der Waals surface area (Å²) in [6.45, 7) is 9.07. The van der Waals surface area contributed by atoms with Crippen LogP contribution in [0, 0.1) is 24.0 Å². The van der Waals surface area contributed by atoms with Crippen molar-refractivity contribution in [2.75, 3.05) is 22.3 Å². The molecule has 3 atom stereocenters. The zero-order valence-corrected chi connectivity index (χ0v) is 39.2. The van der Waals surface area contributed by atoms with Gasteiger partial charge in [-0.2, -0.15) is 0 Å². The molecule has 1 aliphatic rings. The quantitative estimate of drug-likeness (QED) is 0.0574. The maximum Gasteiger partial charge on any atom is 0.246 e. The first kappa shape index (κ1) is 48.4. The Morgan fingerprint density at radius 1 is 0.955 bits per heavy atom. The Morgan fingerprint density at radius 2 is 1.66 bits per heavy atom. The third kappa shape index (κ3) is 11.3. The molecule has 6 N–H and O–H groups in total. The number of amides is 4. The number of sulfonamides is 1. The molecule has 6 aromatic rings. The maximum atomic E-state index is 15.7. The molecule has 1 fully saturated rings. The first-order chi connectivity index (χ1) is 31.8. The molecular formula is C48H52F2N8O7S2. The predicted octanol–water partition coefficient (Wildman–Crippen LogP) is 7.29. The summed E-state index contributed by atoms with van der Waals surface area (Å²) in [5.74, 6) is -4.14. The van der Waals surface area contributed by atoms with Gasteiger partial charge >= 0.3 is 0 Å². The third-order valence-electron chi connectivity index (χ3n) is 11.4. The van der Waals surface area contributed by atoms with E-state index in [1.54, 1.807) is 81.1 Å². The average Bonchev–Trinajstić information content (AvgIpc) is 4.03. The molecule has 19 heteroatoms. The van der Waals surface area contributed by atoms with Gasteiger partial charge in [-0.15, -0.1) is 11.3 Å². The van der Waals surface area contributed by atoms with Crippen LogP contribution in [0.2, 0.25) is 0 Å². The highest BCUT2D eigenvalue weighted by Gasteiger charge is 2.44. The molecule has 1 saturated heterocycles. The second-order valence-electron chi connectivity index (χ2n) is 17.6. The lowest BCUT2D eigenvalue weighted by atomic mass is 9.85. The van der Waals surface area contributed by atoms with E-state index in [1.807, 2.05) is 31.2 Å². The fourth-order valence-corrected chi connectivity index (χ4v) is 9.89. The molecule has 0 bridgehead atoms. The van der Waals surface area contributed by atoms with E-state index in [0.29, 0.717) is 34.3 Å². The average molecular weight is 955 g/mol. The Kier molecular flexibility index (Phi) is 14.5. The van der Waals surface area contributed by atoms with Gasteiger partial charge in [0.25, 0.3) is 0 Å². The first-order valence-electron chi connectivity index (χ1n) is 21.7. The second-order valence-corrected chi connectivity index (χ2v) is 20.3. The number of anilines is 2. The van der Waals surface area contributed by atoms with Crippen molar-refractivity contribution in [1.82, 2.24) is 30.5 Å². The van der Waals surface area contributed by atoms with Gasteiger partial charge in [-0.25, -0.2) is 27.2 Å². The van der Waals surface area contributed by atoms with Gasteiger partial charge in [-0.05, 0) is 65.8 Å². The lowest BCUT2D eigenvalue weighted by molar-refractivity contribution is -0.144. The molecule has 4 heterocycles. The molecule has 7 rings (SSSR count). The van der Waals surface area contributed by atoms with Crippen LogP contribution in [-0.2, 0) is 35.7 Å². The highest BCUT2D eigenvalue weighted by atomic mass is 32.2. The molecule has 67 heavy (non-hydrogen) atoms. The number of aliphatic hydroxyl groups excluding tert-OH is 1. The van der Waals surface area contributed by atoms with E-state index in [4.69, 9.17) is 0 Å². The van der Waals surface area contributed by atoms with Crippen LogP contribution >= 0.6 is 11.3 Å². The number of aryl methyl sites for hydroxylation is 1. The van der Waals surface area contributed by atoms with Crippen LogP contribution < -0.4 is 20.7 Å². The van der Waals surface area contributed by atoms with Crippen LogP contribution in [0.4, 0.5) is 20.2 Å². The van der Waals surface area contributed by atoms with Gasteiger partial charge in [0.2, 0.25) is 33.7 Å². The van der Waals surface area contributed by atoms with E-state index < -0.39 is 74.5 Å². The number of H-pyrrole nitrogens is 1. The van der Waals surface area contributed by atoms with Crippen LogP contribution in [-0.4, -0.2) is 87.5 Å². The smallest absolute Gasteiger partial charge is 0.246 e. The fourth-order valence-electron chi connectivity index (χ4n) is 7.94. The van der Waals surface area contributed by atoms with E-state index in [2.05, 4.69) is 35.6 Å². The van der Waals surface area contributed by atoms with Crippen molar-refractivity contribution < 1.29 is 41.5 Å². The number of thiazole rings is 1. The summed E-state index contributed by atoms with van der Waals surface area (Å²) in [6, 6.07) is 16.2. The Balaban J connectivity index is 0.944. The number of β-amino-alcohol motifs (C(OH)–C–C–N with tert-alkyl or cyclic N) is 1. The van der Waals surface area contributed by atoms with Crippen molar-refractivity contribution in [3.05, 3.63) is 108 Å². The van der Waals surface area contributed by atoms with E-state index in [0.717, 1.165) is 33.8 Å². The van der Waals surface area contributed by atoms with Crippen LogP contribution in [0.3, 0.4) is 0 Å². The van der Waals surface area contributed by atoms with E-state index >= 15 is 8.78 Å². The Hall–Kier alpha value is -6.57. The number of carbonyl (C=O) groups is 4. The maximum absolute atomic E-state index is 15.7. The number of likely N-dealkylation sites (tertiary alicyclic amines) is 1. The van der Waals surface area contributed by atoms with Gasteiger partial charge in [0.05, 0.1) is 39.2 Å². The first-order valence-corrected chi connectivity index (χ1v) is 24.3. The zero-order valence-electron chi connectivity index (χ0n) is 37.6. The minimum absolute atomic E-state index is 0.0408. The van der Waals surface area contributed by atoms with Gasteiger partial charge < -0.3 is 30.9 Å². The number of benzene rings is 3. The molecule has 0 aliphatic carbocycles. The monoisotopic (exact) mass is 954 g/mol. The van der Waals surface area contributed by atoms with Crippen LogP contribution in [0.5, 0.6) is 0 Å². The number of aliphatic hydroxyl groups is 1. The lowest BCUT2D eigenvalue weighted by Crippen LogP contribution is -2.57. The predicted molar refractivity (Wildman–Crippen MR) is 254 cm³/mol. The molecule has 352 valence electrons. The van der Waals surface area contributed by atoms with E-state index in [1.165, 1.54) is 11.1 Å². The number of rotatable bonds is 16. The van der Waals surface area contributed by atoms with Crippen molar-refractivity contribution in [3.8, 4) is 32.7 Å². The van der Waals surface area contributed by atoms with Gasteiger partial charge in [0, 0.05) is 66.9 Å². The van der Waals surface area contributed by atoms with Crippen molar-refractivity contribution in [2.45, 2.75) is 85.0 Å². The molecule has 1 aliphatic heterocycles. The number of hydrogen-bond acceptors (Lipinski definition) is 10. The highest BCUT2D eigenvalue weighted by Crippen LogP contribution is 2.37. The van der Waals surface area contributed by atoms with E-state index in [-0.39, 0.29) is 49.4 Å². The number of nitrogens with zero attached hydrogens (tertiary/aromatic N) is 3. The zero-order chi connectivity index (χ0) is 48.2. The van der Waals surface area contributed by atoms with Crippen LogP contribution in [0.15, 0.2) is 84.6 Å². The largest absolute Gasteiger partial charge is 0.391 e. The molecule has 0 radical (unpaired) electrons. The molecule has 15 nitrogen and oxygen atoms in total. The Labute approximate surface area is 390 Å². The third-order valence-corrected chi connectivity index (χ3v) is 13.9. The molecule has 3 aromatic carbocycles. The second kappa shape index (κ2) is 20.1. The summed E-state index contributed by atoms with van der Waals surface area (Å²) in [5, 5.41) is 19.4. The topological polar surface area (TPSA) is 216 Å². The number of pyridine rings is 1. The summed E-state index contributed by atoms with van der Waals surface area (Å²) in [6.07, 6.45) is 1.94. The normalized spacial score (nSPS) is 15.6. The fraction of sp³-hybridized carbons (Fsp3) is 0.333. The Morgan fingerprint density at radius 3 is 2.33 bits per heavy atom. The summed E-state index contributed by atoms with van der Waals surface area (Å²) in [5.41, 5.74) is 5.18. The summed E-state index contributed by atoms with van der Waals surface area (Å²) < 4.78 is 57.8. The van der Waals surface area contributed by atoms with Crippen molar-refractivity contribution in [2.24, 2.45) is 5.41 Å². The Bertz CT molecular complexity index is 2920. The molecule has 0 spiro atoms. The number of halogens is 2.